The number of pyridine rings is 1. The molecule has 0 unspecified atom stereocenters. The van der Waals surface area contributed by atoms with Gasteiger partial charge in [-0.25, -0.2) is 18.7 Å². The maximum Gasteiger partial charge on any atom is 0.339 e. The molecule has 6 heteroatoms. The first-order chi connectivity index (χ1) is 9.67. The van der Waals surface area contributed by atoms with Crippen molar-refractivity contribution in [3.05, 3.63) is 54.0 Å². The highest BCUT2D eigenvalue weighted by Gasteiger charge is 2.10. The van der Waals surface area contributed by atoms with E-state index in [9.17, 15) is 9.18 Å². The molecule has 0 radical (unpaired) electrons. The molecule has 0 amide bonds. The third-order valence-electron chi connectivity index (χ3n) is 2.85. The van der Waals surface area contributed by atoms with Crippen LogP contribution in [-0.2, 0) is 4.74 Å². The fourth-order valence-corrected chi connectivity index (χ4v) is 1.84. The van der Waals surface area contributed by atoms with Crippen molar-refractivity contribution in [2.24, 2.45) is 0 Å². The van der Waals surface area contributed by atoms with E-state index in [1.807, 2.05) is 0 Å². The molecule has 1 aromatic carbocycles. The zero-order chi connectivity index (χ0) is 14.1. The van der Waals surface area contributed by atoms with E-state index in [0.29, 0.717) is 22.6 Å². The van der Waals surface area contributed by atoms with E-state index >= 15 is 0 Å². The van der Waals surface area contributed by atoms with Gasteiger partial charge in [-0.15, -0.1) is 5.10 Å². The molecule has 2 aromatic heterocycles. The van der Waals surface area contributed by atoms with Crippen molar-refractivity contribution in [2.45, 2.75) is 0 Å². The van der Waals surface area contributed by atoms with Crippen LogP contribution >= 0.6 is 0 Å². The number of carbonyl (C=O) groups excluding carboxylic acids is 1. The van der Waals surface area contributed by atoms with Gasteiger partial charge in [-0.05, 0) is 36.4 Å². The molecule has 0 saturated carbocycles. The first-order valence-corrected chi connectivity index (χ1v) is 5.88. The number of nitrogens with zero attached hydrogens (tertiary/aromatic N) is 3. The lowest BCUT2D eigenvalue weighted by Crippen LogP contribution is -2.03. The Bertz CT molecular complexity index is 781. The summed E-state index contributed by atoms with van der Waals surface area (Å²) in [4.78, 5) is 15.8. The molecule has 2 heterocycles. The average molecular weight is 271 g/mol. The van der Waals surface area contributed by atoms with E-state index in [1.165, 1.54) is 23.8 Å². The molecule has 0 bridgehead atoms. The number of esters is 1. The number of methoxy groups -OCH3 is 1. The second-order valence-electron chi connectivity index (χ2n) is 4.15. The zero-order valence-corrected chi connectivity index (χ0v) is 10.6. The van der Waals surface area contributed by atoms with Gasteiger partial charge in [0.05, 0.1) is 12.7 Å². The number of hydrogen-bond acceptors (Lipinski definition) is 4. The van der Waals surface area contributed by atoms with Gasteiger partial charge in [0.25, 0.3) is 0 Å². The van der Waals surface area contributed by atoms with Crippen LogP contribution in [0.1, 0.15) is 10.4 Å². The summed E-state index contributed by atoms with van der Waals surface area (Å²) in [6, 6.07) is 9.19. The van der Waals surface area contributed by atoms with Crippen molar-refractivity contribution in [2.75, 3.05) is 7.11 Å². The van der Waals surface area contributed by atoms with E-state index in [1.54, 1.807) is 30.5 Å². The molecule has 3 aromatic rings. The summed E-state index contributed by atoms with van der Waals surface area (Å²) >= 11 is 0. The quantitative estimate of drug-likeness (QED) is 0.671. The summed E-state index contributed by atoms with van der Waals surface area (Å²) in [6.45, 7) is 0. The lowest BCUT2D eigenvalue weighted by atomic mass is 10.2. The molecule has 0 atom stereocenters. The lowest BCUT2D eigenvalue weighted by molar-refractivity contribution is 0.0600. The summed E-state index contributed by atoms with van der Waals surface area (Å²) in [5.74, 6) is -0.289. The standard InChI is InChI=1S/C14H10FN3O2/c1-20-14(19)10-4-7-12-16-13(17-18(12)8-10)9-2-5-11(15)6-3-9/h2-8H,1H3. The van der Waals surface area contributed by atoms with Crippen LogP contribution in [0.2, 0.25) is 0 Å². The molecule has 0 aliphatic carbocycles. The molecule has 0 aliphatic heterocycles. The predicted octanol–water partition coefficient (Wildman–Crippen LogP) is 2.32. The summed E-state index contributed by atoms with van der Waals surface area (Å²) in [5, 5.41) is 4.27. The van der Waals surface area contributed by atoms with Crippen LogP contribution in [0, 0.1) is 5.82 Å². The van der Waals surface area contributed by atoms with Crippen LogP contribution in [-0.4, -0.2) is 27.7 Å². The minimum atomic E-state index is -0.439. The molecule has 5 nitrogen and oxygen atoms in total. The Hall–Kier alpha value is -2.76. The second-order valence-corrected chi connectivity index (χ2v) is 4.15. The maximum absolute atomic E-state index is 12.9. The Morgan fingerprint density at radius 3 is 2.65 bits per heavy atom. The molecule has 0 fully saturated rings. The molecular weight excluding hydrogens is 261 g/mol. The molecule has 0 saturated heterocycles. The number of halogens is 1. The van der Waals surface area contributed by atoms with Gasteiger partial charge in [0, 0.05) is 11.8 Å². The van der Waals surface area contributed by atoms with E-state index in [0.717, 1.165) is 0 Å². The normalized spacial score (nSPS) is 10.7. The average Bonchev–Trinajstić information content (AvgIpc) is 2.90. The fraction of sp³-hybridized carbons (Fsp3) is 0.0714. The van der Waals surface area contributed by atoms with Gasteiger partial charge in [-0.3, -0.25) is 0 Å². The Morgan fingerprint density at radius 2 is 1.95 bits per heavy atom. The highest BCUT2D eigenvalue weighted by Crippen LogP contribution is 2.17. The van der Waals surface area contributed by atoms with Gasteiger partial charge in [-0.2, -0.15) is 0 Å². The number of fused-ring (bicyclic) bond motifs is 1. The Labute approximate surface area is 113 Å². The third-order valence-corrected chi connectivity index (χ3v) is 2.85. The SMILES string of the molecule is COC(=O)c1ccc2nc(-c3ccc(F)cc3)nn2c1. The molecule has 0 aliphatic rings. The summed E-state index contributed by atoms with van der Waals surface area (Å²) in [6.07, 6.45) is 1.54. The van der Waals surface area contributed by atoms with E-state index in [-0.39, 0.29) is 5.82 Å². The molecule has 3 rings (SSSR count). The number of ether oxygens (including phenoxy) is 1. The maximum atomic E-state index is 12.9. The Kier molecular flexibility index (Phi) is 2.90. The lowest BCUT2D eigenvalue weighted by Gasteiger charge is -1.98. The van der Waals surface area contributed by atoms with Crippen LogP contribution in [0.15, 0.2) is 42.6 Å². The van der Waals surface area contributed by atoms with Gasteiger partial charge in [-0.1, -0.05) is 0 Å². The minimum Gasteiger partial charge on any atom is -0.465 e. The Morgan fingerprint density at radius 1 is 1.20 bits per heavy atom. The minimum absolute atomic E-state index is 0.314. The van der Waals surface area contributed by atoms with Crippen molar-refractivity contribution in [1.82, 2.24) is 14.6 Å². The number of carbonyl (C=O) groups is 1. The highest BCUT2D eigenvalue weighted by molar-refractivity contribution is 5.89. The molecule has 20 heavy (non-hydrogen) atoms. The summed E-state index contributed by atoms with van der Waals surface area (Å²) < 4.78 is 19.0. The molecular formula is C14H10FN3O2. The number of rotatable bonds is 2. The van der Waals surface area contributed by atoms with E-state index < -0.39 is 5.97 Å². The van der Waals surface area contributed by atoms with Crippen LogP contribution in [0.4, 0.5) is 4.39 Å². The third kappa shape index (κ3) is 2.11. The smallest absolute Gasteiger partial charge is 0.339 e. The van der Waals surface area contributed by atoms with Gasteiger partial charge in [0.15, 0.2) is 11.5 Å². The van der Waals surface area contributed by atoms with Crippen molar-refractivity contribution in [3.63, 3.8) is 0 Å². The zero-order valence-electron chi connectivity index (χ0n) is 10.6. The molecule has 0 N–H and O–H groups in total. The summed E-state index contributed by atoms with van der Waals surface area (Å²) in [7, 11) is 1.32. The van der Waals surface area contributed by atoms with Crippen LogP contribution in [0.5, 0.6) is 0 Å². The van der Waals surface area contributed by atoms with Crippen molar-refractivity contribution < 1.29 is 13.9 Å². The van der Waals surface area contributed by atoms with Crippen LogP contribution in [0.3, 0.4) is 0 Å². The first kappa shape index (κ1) is 12.3. The largest absolute Gasteiger partial charge is 0.465 e. The van der Waals surface area contributed by atoms with Gasteiger partial charge < -0.3 is 4.74 Å². The van der Waals surface area contributed by atoms with Crippen LogP contribution in [0.25, 0.3) is 17.0 Å². The molecule has 100 valence electrons. The monoisotopic (exact) mass is 271 g/mol. The van der Waals surface area contributed by atoms with Crippen molar-refractivity contribution in [1.29, 1.82) is 0 Å². The number of benzene rings is 1. The van der Waals surface area contributed by atoms with Crippen molar-refractivity contribution in [3.8, 4) is 11.4 Å². The Balaban J connectivity index is 2.06. The second kappa shape index (κ2) is 4.73. The van der Waals surface area contributed by atoms with E-state index in [2.05, 4.69) is 14.8 Å². The topological polar surface area (TPSA) is 56.5 Å². The van der Waals surface area contributed by atoms with Crippen LogP contribution < -0.4 is 0 Å². The van der Waals surface area contributed by atoms with Gasteiger partial charge in [0.1, 0.15) is 5.82 Å². The summed E-state index contributed by atoms with van der Waals surface area (Å²) in [5.41, 5.74) is 1.68. The fourth-order valence-electron chi connectivity index (χ4n) is 1.84. The van der Waals surface area contributed by atoms with Gasteiger partial charge >= 0.3 is 5.97 Å². The number of hydrogen-bond donors (Lipinski definition) is 0. The van der Waals surface area contributed by atoms with Gasteiger partial charge in [0.2, 0.25) is 0 Å². The molecule has 0 spiro atoms. The number of aromatic nitrogens is 3. The van der Waals surface area contributed by atoms with E-state index in [4.69, 9.17) is 0 Å². The predicted molar refractivity (Wildman–Crippen MR) is 69.7 cm³/mol. The highest BCUT2D eigenvalue weighted by atomic mass is 19.1. The first-order valence-electron chi connectivity index (χ1n) is 5.88. The van der Waals surface area contributed by atoms with Crippen molar-refractivity contribution >= 4 is 11.6 Å².